The predicted octanol–water partition coefficient (Wildman–Crippen LogP) is 3.65. The highest BCUT2D eigenvalue weighted by Gasteiger charge is 2.18. The van der Waals surface area contributed by atoms with Crippen LogP contribution in [0, 0.1) is 0 Å². The maximum atomic E-state index is 6.28. The second-order valence-corrected chi connectivity index (χ2v) is 5.87. The number of alkyl halides is 1. The number of benzene rings is 1. The monoisotopic (exact) mass is 323 g/mol. The first kappa shape index (κ1) is 14.4. The second kappa shape index (κ2) is 5.66. The molecule has 7 heteroatoms. The Labute approximate surface area is 132 Å². The maximum Gasteiger partial charge on any atom is 0.152 e. The molecule has 0 aliphatic rings. The summed E-state index contributed by atoms with van der Waals surface area (Å²) >= 11 is 12.5. The Balaban J connectivity index is 2.16. The predicted molar refractivity (Wildman–Crippen MR) is 83.8 cm³/mol. The smallest absolute Gasteiger partial charge is 0.152 e. The first-order chi connectivity index (χ1) is 10.1. The molecular formula is C14H15Cl2N5. The first-order valence-electron chi connectivity index (χ1n) is 6.77. The molecule has 0 aliphatic carbocycles. The summed E-state index contributed by atoms with van der Waals surface area (Å²) in [6, 6.07) is 5.73. The van der Waals surface area contributed by atoms with Gasteiger partial charge in [-0.05, 0) is 26.0 Å². The lowest BCUT2D eigenvalue weighted by Crippen LogP contribution is -2.10. The molecule has 1 aromatic carbocycles. The molecule has 0 amide bonds. The second-order valence-electron chi connectivity index (χ2n) is 4.81. The summed E-state index contributed by atoms with van der Waals surface area (Å²) in [5.74, 6) is 1.65. The maximum absolute atomic E-state index is 6.28. The van der Waals surface area contributed by atoms with Gasteiger partial charge >= 0.3 is 0 Å². The van der Waals surface area contributed by atoms with Gasteiger partial charge in [-0.3, -0.25) is 0 Å². The highest BCUT2D eigenvalue weighted by atomic mass is 35.5. The van der Waals surface area contributed by atoms with Crippen LogP contribution in [0.3, 0.4) is 0 Å². The molecule has 3 aromatic rings. The minimum absolute atomic E-state index is 0.216. The highest BCUT2D eigenvalue weighted by Crippen LogP contribution is 2.29. The number of hydrogen-bond acceptors (Lipinski definition) is 3. The number of imidazole rings is 1. The van der Waals surface area contributed by atoms with E-state index in [2.05, 4.69) is 26.7 Å². The van der Waals surface area contributed by atoms with Crippen molar-refractivity contribution in [1.82, 2.24) is 24.3 Å². The van der Waals surface area contributed by atoms with Crippen LogP contribution in [0.15, 0.2) is 24.5 Å². The minimum Gasteiger partial charge on any atom is -0.319 e. The van der Waals surface area contributed by atoms with Gasteiger partial charge in [-0.15, -0.1) is 21.8 Å². The van der Waals surface area contributed by atoms with E-state index in [1.165, 1.54) is 0 Å². The lowest BCUT2D eigenvalue weighted by Gasteiger charge is -2.10. The van der Waals surface area contributed by atoms with E-state index >= 15 is 0 Å². The van der Waals surface area contributed by atoms with Crippen molar-refractivity contribution in [3.05, 3.63) is 41.2 Å². The van der Waals surface area contributed by atoms with Gasteiger partial charge in [0.15, 0.2) is 5.82 Å². The van der Waals surface area contributed by atoms with Crippen molar-refractivity contribution in [3.63, 3.8) is 0 Å². The largest absolute Gasteiger partial charge is 0.319 e. The summed E-state index contributed by atoms with van der Waals surface area (Å²) < 4.78 is 4.05. The molecule has 2 heterocycles. The highest BCUT2D eigenvalue weighted by molar-refractivity contribution is 6.35. The van der Waals surface area contributed by atoms with Crippen LogP contribution in [0.5, 0.6) is 0 Å². The molecular weight excluding hydrogens is 309 g/mol. The van der Waals surface area contributed by atoms with Crippen LogP contribution in [0.25, 0.3) is 11.0 Å². The number of halogens is 2. The van der Waals surface area contributed by atoms with E-state index in [4.69, 9.17) is 23.2 Å². The van der Waals surface area contributed by atoms with Crippen LogP contribution in [-0.4, -0.2) is 24.3 Å². The Morgan fingerprint density at radius 2 is 2.14 bits per heavy atom. The molecule has 0 bridgehead atoms. The summed E-state index contributed by atoms with van der Waals surface area (Å²) in [6.07, 6.45) is 1.73. The van der Waals surface area contributed by atoms with Gasteiger partial charge in [-0.25, -0.2) is 4.98 Å². The zero-order valence-electron chi connectivity index (χ0n) is 11.8. The fourth-order valence-corrected chi connectivity index (χ4v) is 2.79. The lowest BCUT2D eigenvalue weighted by molar-refractivity contribution is 0.639. The van der Waals surface area contributed by atoms with Crippen LogP contribution in [0.4, 0.5) is 0 Å². The number of para-hydroxylation sites is 1. The molecule has 0 N–H and O–H groups in total. The van der Waals surface area contributed by atoms with Crippen LogP contribution < -0.4 is 0 Å². The van der Waals surface area contributed by atoms with Crippen molar-refractivity contribution in [2.45, 2.75) is 32.3 Å². The van der Waals surface area contributed by atoms with E-state index in [-0.39, 0.29) is 5.38 Å². The molecule has 0 aliphatic heterocycles. The molecule has 110 valence electrons. The van der Waals surface area contributed by atoms with Gasteiger partial charge in [-0.1, -0.05) is 17.7 Å². The standard InChI is InChI=1S/C14H15Cl2N5/c1-3-20-8-17-19-12(20)7-21-11-6-4-5-10(16)13(11)18-14(21)9(2)15/h4-6,8-9H,3,7H2,1-2H3. The van der Waals surface area contributed by atoms with Crippen LogP contribution in [0.1, 0.15) is 30.9 Å². The van der Waals surface area contributed by atoms with E-state index in [1.807, 2.05) is 29.7 Å². The summed E-state index contributed by atoms with van der Waals surface area (Å²) in [7, 11) is 0. The van der Waals surface area contributed by atoms with E-state index in [0.717, 1.165) is 29.2 Å². The topological polar surface area (TPSA) is 48.5 Å². The summed E-state index contributed by atoms with van der Waals surface area (Å²) in [4.78, 5) is 4.59. The summed E-state index contributed by atoms with van der Waals surface area (Å²) in [5, 5.41) is 8.56. The van der Waals surface area contributed by atoms with Gasteiger partial charge in [0.2, 0.25) is 0 Å². The van der Waals surface area contributed by atoms with Crippen molar-refractivity contribution in [1.29, 1.82) is 0 Å². The van der Waals surface area contributed by atoms with E-state index < -0.39 is 0 Å². The van der Waals surface area contributed by atoms with Crippen LogP contribution in [-0.2, 0) is 13.1 Å². The quantitative estimate of drug-likeness (QED) is 0.688. The molecule has 1 unspecified atom stereocenters. The zero-order valence-corrected chi connectivity index (χ0v) is 13.3. The molecule has 0 fully saturated rings. The third-order valence-electron chi connectivity index (χ3n) is 3.45. The molecule has 0 saturated heterocycles. The molecule has 5 nitrogen and oxygen atoms in total. The van der Waals surface area contributed by atoms with Crippen molar-refractivity contribution < 1.29 is 0 Å². The van der Waals surface area contributed by atoms with E-state index in [1.54, 1.807) is 6.33 Å². The zero-order chi connectivity index (χ0) is 15.0. The molecule has 3 rings (SSSR count). The van der Waals surface area contributed by atoms with Crippen molar-refractivity contribution >= 4 is 34.2 Å². The number of aryl methyl sites for hydroxylation is 1. The Morgan fingerprint density at radius 3 is 2.86 bits per heavy atom. The van der Waals surface area contributed by atoms with Gasteiger partial charge in [-0.2, -0.15) is 0 Å². The number of hydrogen-bond donors (Lipinski definition) is 0. The Kier molecular flexibility index (Phi) is 3.87. The normalized spacial score (nSPS) is 13.0. The molecule has 21 heavy (non-hydrogen) atoms. The number of rotatable bonds is 4. The van der Waals surface area contributed by atoms with Gasteiger partial charge in [0, 0.05) is 6.54 Å². The average Bonchev–Trinajstić information content (AvgIpc) is 3.05. The third-order valence-corrected chi connectivity index (χ3v) is 3.95. The minimum atomic E-state index is -0.216. The van der Waals surface area contributed by atoms with E-state index in [9.17, 15) is 0 Å². The van der Waals surface area contributed by atoms with Crippen LogP contribution >= 0.6 is 23.2 Å². The van der Waals surface area contributed by atoms with E-state index in [0.29, 0.717) is 11.6 Å². The Bertz CT molecular complexity index is 775. The summed E-state index contributed by atoms with van der Waals surface area (Å²) in [6.45, 7) is 5.34. The molecule has 1 atom stereocenters. The van der Waals surface area contributed by atoms with Gasteiger partial charge in [0.1, 0.15) is 17.7 Å². The van der Waals surface area contributed by atoms with Crippen molar-refractivity contribution in [3.8, 4) is 0 Å². The van der Waals surface area contributed by atoms with Crippen molar-refractivity contribution in [2.24, 2.45) is 0 Å². The van der Waals surface area contributed by atoms with Crippen molar-refractivity contribution in [2.75, 3.05) is 0 Å². The van der Waals surface area contributed by atoms with Crippen LogP contribution in [0.2, 0.25) is 5.02 Å². The third kappa shape index (κ3) is 2.51. The van der Waals surface area contributed by atoms with Gasteiger partial charge < -0.3 is 9.13 Å². The summed E-state index contributed by atoms with van der Waals surface area (Å²) in [5.41, 5.74) is 1.72. The molecule has 2 aromatic heterocycles. The van der Waals surface area contributed by atoms with Gasteiger partial charge in [0.05, 0.1) is 22.5 Å². The lowest BCUT2D eigenvalue weighted by atomic mass is 10.3. The Morgan fingerprint density at radius 1 is 1.33 bits per heavy atom. The number of nitrogens with zero attached hydrogens (tertiary/aromatic N) is 5. The fourth-order valence-electron chi connectivity index (χ4n) is 2.41. The number of fused-ring (bicyclic) bond motifs is 1. The SMILES string of the molecule is CCn1cnnc1Cn1c(C(C)Cl)nc2c(Cl)cccc21. The molecule has 0 spiro atoms. The molecule has 0 radical (unpaired) electrons. The molecule has 0 saturated carbocycles. The first-order valence-corrected chi connectivity index (χ1v) is 7.58. The van der Waals surface area contributed by atoms with Gasteiger partial charge in [0.25, 0.3) is 0 Å². The Hall–Kier alpha value is -1.59. The number of aromatic nitrogens is 5. The average molecular weight is 324 g/mol. The fraction of sp³-hybridized carbons (Fsp3) is 0.357.